The van der Waals surface area contributed by atoms with Crippen molar-refractivity contribution in [3.63, 3.8) is 0 Å². The first-order valence-electron chi connectivity index (χ1n) is 4.04. The largest absolute Gasteiger partial charge is 0.460 e. The lowest BCUT2D eigenvalue weighted by Crippen LogP contribution is -2.08. The van der Waals surface area contributed by atoms with Crippen molar-refractivity contribution in [2.45, 2.75) is 6.92 Å². The van der Waals surface area contributed by atoms with Crippen molar-refractivity contribution in [1.82, 2.24) is 9.97 Å². The van der Waals surface area contributed by atoms with Crippen LogP contribution in [0.15, 0.2) is 30.9 Å². The lowest BCUT2D eigenvalue weighted by atomic mass is 10.4. The highest BCUT2D eigenvalue weighted by atomic mass is 16.5. The predicted molar refractivity (Wildman–Crippen MR) is 51.4 cm³/mol. The first-order valence-corrected chi connectivity index (χ1v) is 4.04. The summed E-state index contributed by atoms with van der Waals surface area (Å²) in [6.07, 6.45) is 5.08. The molecule has 1 aromatic rings. The third-order valence-electron chi connectivity index (χ3n) is 1.08. The van der Waals surface area contributed by atoms with Gasteiger partial charge in [0.2, 0.25) is 0 Å². The van der Waals surface area contributed by atoms with Gasteiger partial charge in [0.15, 0.2) is 0 Å². The summed E-state index contributed by atoms with van der Waals surface area (Å²) < 4.78 is 4.46. The number of aromatic nitrogens is 2. The maximum atomic E-state index is 10.5. The minimum atomic E-state index is -0.455. The van der Waals surface area contributed by atoms with Gasteiger partial charge in [-0.15, -0.1) is 0 Å². The quantitative estimate of drug-likeness (QED) is 0.548. The van der Waals surface area contributed by atoms with Gasteiger partial charge in [0.05, 0.1) is 12.9 Å². The fraction of sp³-hybridized carbons (Fsp3) is 0.333. The van der Waals surface area contributed by atoms with Gasteiger partial charge in [-0.1, -0.05) is 6.58 Å². The lowest BCUT2D eigenvalue weighted by molar-refractivity contribution is -0.139. The molecular weight excluding hydrogens is 184 g/mol. The van der Waals surface area contributed by atoms with E-state index >= 15 is 0 Å². The molecule has 0 amide bonds. The van der Waals surface area contributed by atoms with Gasteiger partial charge in [0.25, 0.3) is 0 Å². The fourth-order valence-electron chi connectivity index (χ4n) is 0.477. The normalized spacial score (nSPS) is 8.43. The van der Waals surface area contributed by atoms with E-state index in [-0.39, 0.29) is 13.2 Å². The first kappa shape index (κ1) is 12.4. The summed E-state index contributed by atoms with van der Waals surface area (Å²) >= 11 is 0. The number of esters is 1. The molecule has 0 saturated heterocycles. The van der Waals surface area contributed by atoms with E-state index in [1.54, 1.807) is 25.6 Å². The minimum Gasteiger partial charge on any atom is -0.460 e. The predicted octanol–water partition coefficient (Wildman–Crippen LogP) is 0.508. The zero-order chi connectivity index (χ0) is 10.8. The molecule has 0 saturated carbocycles. The Morgan fingerprint density at radius 3 is 2.71 bits per heavy atom. The topological polar surface area (TPSA) is 75.2 Å². The molecule has 0 unspecified atom stereocenters. The van der Waals surface area contributed by atoms with Crippen molar-refractivity contribution in [2.75, 3.05) is 13.2 Å². The number of H-pyrrole nitrogens is 1. The molecule has 0 fully saturated rings. The highest BCUT2D eigenvalue weighted by molar-refractivity contribution is 5.86. The summed E-state index contributed by atoms with van der Waals surface area (Å²) in [7, 11) is 0. The van der Waals surface area contributed by atoms with Crippen LogP contribution in [0.1, 0.15) is 6.92 Å². The second-order valence-electron chi connectivity index (χ2n) is 2.40. The zero-order valence-corrected chi connectivity index (χ0v) is 8.06. The Labute approximate surface area is 82.4 Å². The fourth-order valence-corrected chi connectivity index (χ4v) is 0.477. The molecule has 0 atom stereocenters. The molecule has 0 bridgehead atoms. The molecule has 5 heteroatoms. The van der Waals surface area contributed by atoms with Crippen molar-refractivity contribution in [1.29, 1.82) is 0 Å². The Balaban J connectivity index is 0.000000280. The van der Waals surface area contributed by atoms with Crippen LogP contribution in [0.3, 0.4) is 0 Å². The molecule has 1 aromatic heterocycles. The van der Waals surface area contributed by atoms with Crippen LogP contribution in [0.25, 0.3) is 0 Å². The number of carbonyl (C=O) groups excluding carboxylic acids is 1. The monoisotopic (exact) mass is 198 g/mol. The van der Waals surface area contributed by atoms with Gasteiger partial charge in [-0.2, -0.15) is 0 Å². The van der Waals surface area contributed by atoms with Crippen molar-refractivity contribution in [3.05, 3.63) is 30.9 Å². The summed E-state index contributed by atoms with van der Waals surface area (Å²) in [4.78, 5) is 16.9. The number of hydrogen-bond donors (Lipinski definition) is 2. The molecule has 0 radical (unpaired) electrons. The average molecular weight is 198 g/mol. The number of imidazole rings is 1. The van der Waals surface area contributed by atoms with Crippen LogP contribution in [0, 0.1) is 0 Å². The van der Waals surface area contributed by atoms with Crippen molar-refractivity contribution in [3.8, 4) is 0 Å². The van der Waals surface area contributed by atoms with Gasteiger partial charge < -0.3 is 14.8 Å². The summed E-state index contributed by atoms with van der Waals surface area (Å²) in [6.45, 7) is 4.81. The zero-order valence-electron chi connectivity index (χ0n) is 8.06. The molecule has 0 aliphatic rings. The number of carbonyl (C=O) groups is 1. The van der Waals surface area contributed by atoms with E-state index in [1.165, 1.54) is 0 Å². The van der Waals surface area contributed by atoms with Gasteiger partial charge in [0, 0.05) is 18.0 Å². The number of aliphatic hydroxyl groups excluding tert-OH is 1. The van der Waals surface area contributed by atoms with Gasteiger partial charge in [-0.3, -0.25) is 0 Å². The molecule has 2 N–H and O–H groups in total. The number of nitrogens with one attached hydrogen (secondary N) is 1. The van der Waals surface area contributed by atoms with Crippen LogP contribution in [-0.2, 0) is 9.53 Å². The van der Waals surface area contributed by atoms with Crippen LogP contribution in [0.2, 0.25) is 0 Å². The van der Waals surface area contributed by atoms with Crippen LogP contribution in [-0.4, -0.2) is 34.3 Å². The number of aliphatic hydroxyl groups is 1. The highest BCUT2D eigenvalue weighted by Crippen LogP contribution is 1.89. The molecule has 0 spiro atoms. The summed E-state index contributed by atoms with van der Waals surface area (Å²) in [5.41, 5.74) is 0.350. The van der Waals surface area contributed by atoms with Gasteiger partial charge in [-0.05, 0) is 6.92 Å². The number of ether oxygens (including phenoxy) is 1. The SMILES string of the molecule is C=C(C)C(=O)OCCO.c1c[nH]cn1. The van der Waals surface area contributed by atoms with E-state index in [2.05, 4.69) is 21.3 Å². The highest BCUT2D eigenvalue weighted by Gasteiger charge is 1.99. The van der Waals surface area contributed by atoms with E-state index < -0.39 is 5.97 Å². The molecule has 1 heterocycles. The summed E-state index contributed by atoms with van der Waals surface area (Å²) in [5.74, 6) is -0.455. The van der Waals surface area contributed by atoms with E-state index in [1.807, 2.05) is 0 Å². The number of rotatable bonds is 3. The van der Waals surface area contributed by atoms with E-state index in [0.29, 0.717) is 5.57 Å². The van der Waals surface area contributed by atoms with E-state index in [0.717, 1.165) is 0 Å². The maximum Gasteiger partial charge on any atom is 0.333 e. The number of hydrogen-bond acceptors (Lipinski definition) is 4. The standard InChI is InChI=1S/C6H10O3.C3H4N2/c1-5(2)6(8)9-4-3-7;1-2-5-3-4-1/h7H,1,3-4H2,2H3;1-3H,(H,4,5). The van der Waals surface area contributed by atoms with Gasteiger partial charge >= 0.3 is 5.97 Å². The molecule has 1 rings (SSSR count). The summed E-state index contributed by atoms with van der Waals surface area (Å²) in [5, 5.41) is 8.19. The Bertz CT molecular complexity index is 240. The number of nitrogens with zero attached hydrogens (tertiary/aromatic N) is 1. The Hall–Kier alpha value is -1.62. The first-order chi connectivity index (χ1) is 6.68. The van der Waals surface area contributed by atoms with Gasteiger partial charge in [0.1, 0.15) is 6.61 Å². The Morgan fingerprint density at radius 2 is 2.43 bits per heavy atom. The van der Waals surface area contributed by atoms with Crippen molar-refractivity contribution in [2.24, 2.45) is 0 Å². The molecule has 78 valence electrons. The molecular formula is C9H14N2O3. The second-order valence-corrected chi connectivity index (χ2v) is 2.40. The Morgan fingerprint density at radius 1 is 1.71 bits per heavy atom. The summed E-state index contributed by atoms with van der Waals surface area (Å²) in [6, 6.07) is 0. The van der Waals surface area contributed by atoms with E-state index in [9.17, 15) is 4.79 Å². The third kappa shape index (κ3) is 7.05. The van der Waals surface area contributed by atoms with Crippen LogP contribution < -0.4 is 0 Å². The number of aromatic amines is 1. The van der Waals surface area contributed by atoms with Crippen LogP contribution >= 0.6 is 0 Å². The maximum absolute atomic E-state index is 10.5. The second kappa shape index (κ2) is 8.00. The van der Waals surface area contributed by atoms with Crippen molar-refractivity contribution >= 4 is 5.97 Å². The van der Waals surface area contributed by atoms with Crippen LogP contribution in [0.5, 0.6) is 0 Å². The Kier molecular flexibility index (Phi) is 7.07. The van der Waals surface area contributed by atoms with Crippen molar-refractivity contribution < 1.29 is 14.6 Å². The minimum absolute atomic E-state index is 0.0473. The molecule has 14 heavy (non-hydrogen) atoms. The molecule has 0 aliphatic heterocycles. The van der Waals surface area contributed by atoms with Gasteiger partial charge in [-0.25, -0.2) is 9.78 Å². The van der Waals surface area contributed by atoms with E-state index in [4.69, 9.17) is 5.11 Å². The smallest absolute Gasteiger partial charge is 0.333 e. The lowest BCUT2D eigenvalue weighted by Gasteiger charge is -1.99. The third-order valence-corrected chi connectivity index (χ3v) is 1.08. The van der Waals surface area contributed by atoms with Crippen LogP contribution in [0.4, 0.5) is 0 Å². The molecule has 0 aliphatic carbocycles. The molecule has 0 aromatic carbocycles. The molecule has 5 nitrogen and oxygen atoms in total. The average Bonchev–Trinajstić information content (AvgIpc) is 2.71.